The van der Waals surface area contributed by atoms with Crippen LogP contribution in [-0.2, 0) is 0 Å². The van der Waals surface area contributed by atoms with E-state index in [1.165, 1.54) is 0 Å². The highest BCUT2D eigenvalue weighted by Crippen LogP contribution is 1.77. The lowest BCUT2D eigenvalue weighted by molar-refractivity contribution is -0.0413. The molecule has 6 heavy (non-hydrogen) atoms. The van der Waals surface area contributed by atoms with E-state index < -0.39 is 6.29 Å². The van der Waals surface area contributed by atoms with E-state index in [9.17, 15) is 0 Å². The van der Waals surface area contributed by atoms with Crippen molar-refractivity contribution in [3.63, 3.8) is 0 Å². The molecule has 0 aromatic heterocycles. The Kier molecular flexibility index (Phi) is 8.39. The van der Waals surface area contributed by atoms with E-state index in [0.29, 0.717) is 6.42 Å². The number of aliphatic hydroxyl groups excluding tert-OH is 1. The Bertz CT molecular complexity index is 22.8. The first kappa shape index (κ1) is 9.55. The predicted molar refractivity (Wildman–Crippen MR) is 28.9 cm³/mol. The van der Waals surface area contributed by atoms with Gasteiger partial charge in [-0.2, -0.15) is 13.5 Å². The Labute approximate surface area is 44.3 Å². The molecular formula is C3H10O2S. The zero-order chi connectivity index (χ0) is 4.28. The Balaban J connectivity index is 0. The average Bonchev–Trinajstić information content (AvgIpc) is 1.38. The van der Waals surface area contributed by atoms with E-state index in [1.54, 1.807) is 6.92 Å². The number of aliphatic hydroxyl groups is 2. The lowest BCUT2D eigenvalue weighted by atomic mass is 10.5. The van der Waals surface area contributed by atoms with Crippen LogP contribution in [0.15, 0.2) is 0 Å². The third-order valence-corrected chi connectivity index (χ3v) is 0.365. The maximum atomic E-state index is 7.92. The van der Waals surface area contributed by atoms with Gasteiger partial charge in [0.05, 0.1) is 0 Å². The molecule has 0 saturated heterocycles. The maximum Gasteiger partial charge on any atom is 0.151 e. The minimum atomic E-state index is -1.12. The van der Waals surface area contributed by atoms with Gasteiger partial charge in [-0.15, -0.1) is 0 Å². The van der Waals surface area contributed by atoms with Crippen molar-refractivity contribution in [1.82, 2.24) is 0 Å². The molecule has 0 atom stereocenters. The summed E-state index contributed by atoms with van der Waals surface area (Å²) in [6.07, 6.45) is -0.699. The summed E-state index contributed by atoms with van der Waals surface area (Å²) >= 11 is 0. The normalized spacial score (nSPS) is 8.00. The highest BCUT2D eigenvalue weighted by Gasteiger charge is 1.83. The van der Waals surface area contributed by atoms with Gasteiger partial charge in [0, 0.05) is 0 Å². The summed E-state index contributed by atoms with van der Waals surface area (Å²) in [6.45, 7) is 1.70. The van der Waals surface area contributed by atoms with Crippen LogP contribution in [0.1, 0.15) is 13.3 Å². The second kappa shape index (κ2) is 5.27. The van der Waals surface area contributed by atoms with Crippen LogP contribution in [0.5, 0.6) is 0 Å². The van der Waals surface area contributed by atoms with Crippen molar-refractivity contribution >= 4 is 13.5 Å². The van der Waals surface area contributed by atoms with Crippen LogP contribution >= 0.6 is 13.5 Å². The lowest BCUT2D eigenvalue weighted by Gasteiger charge is -1.90. The van der Waals surface area contributed by atoms with E-state index in [2.05, 4.69) is 0 Å². The molecular weight excluding hydrogens is 100 g/mol. The number of rotatable bonds is 1. The molecule has 0 aliphatic carbocycles. The molecule has 3 heteroatoms. The SMILES string of the molecule is CCC(O)O.S. The fourth-order valence-electron chi connectivity index (χ4n) is 0. The molecule has 0 aliphatic rings. The van der Waals surface area contributed by atoms with E-state index in [4.69, 9.17) is 10.2 Å². The van der Waals surface area contributed by atoms with Crippen molar-refractivity contribution in [2.75, 3.05) is 0 Å². The van der Waals surface area contributed by atoms with Crippen molar-refractivity contribution in [3.8, 4) is 0 Å². The lowest BCUT2D eigenvalue weighted by Crippen LogP contribution is -1.99. The number of hydrogen-bond donors (Lipinski definition) is 2. The molecule has 40 valence electrons. The van der Waals surface area contributed by atoms with Gasteiger partial charge in [0.1, 0.15) is 0 Å². The molecule has 0 aromatic rings. The molecule has 0 saturated carbocycles. The van der Waals surface area contributed by atoms with Crippen molar-refractivity contribution < 1.29 is 10.2 Å². The van der Waals surface area contributed by atoms with E-state index in [1.807, 2.05) is 0 Å². The zero-order valence-corrected chi connectivity index (χ0v) is 4.68. The topological polar surface area (TPSA) is 40.5 Å². The monoisotopic (exact) mass is 110 g/mol. The first-order valence-corrected chi connectivity index (χ1v) is 1.63. The van der Waals surface area contributed by atoms with Gasteiger partial charge in [0.25, 0.3) is 0 Å². The standard InChI is InChI=1S/C3H8O2.H2S/c1-2-3(4)5;/h3-5H,2H2,1H3;1H2. The molecule has 0 fully saturated rings. The van der Waals surface area contributed by atoms with Crippen molar-refractivity contribution in [2.45, 2.75) is 19.6 Å². The summed E-state index contributed by atoms with van der Waals surface area (Å²) < 4.78 is 0. The van der Waals surface area contributed by atoms with Crippen LogP contribution in [-0.4, -0.2) is 16.5 Å². The van der Waals surface area contributed by atoms with Crippen molar-refractivity contribution in [1.29, 1.82) is 0 Å². The van der Waals surface area contributed by atoms with Crippen molar-refractivity contribution in [2.24, 2.45) is 0 Å². The van der Waals surface area contributed by atoms with Crippen molar-refractivity contribution in [3.05, 3.63) is 0 Å². The highest BCUT2D eigenvalue weighted by atomic mass is 32.1. The summed E-state index contributed by atoms with van der Waals surface area (Å²) in [5.41, 5.74) is 0. The Morgan fingerprint density at radius 2 is 1.67 bits per heavy atom. The van der Waals surface area contributed by atoms with Gasteiger partial charge in [-0.05, 0) is 6.42 Å². The van der Waals surface area contributed by atoms with Gasteiger partial charge in [0.2, 0.25) is 0 Å². The zero-order valence-electron chi connectivity index (χ0n) is 3.68. The van der Waals surface area contributed by atoms with Gasteiger partial charge >= 0.3 is 0 Å². The molecule has 0 amide bonds. The minimum absolute atomic E-state index is 0. The highest BCUT2D eigenvalue weighted by molar-refractivity contribution is 7.59. The summed E-state index contributed by atoms with van der Waals surface area (Å²) in [4.78, 5) is 0. The number of hydrogen-bond acceptors (Lipinski definition) is 2. The second-order valence-electron chi connectivity index (χ2n) is 0.889. The molecule has 0 aromatic carbocycles. The fraction of sp³-hybridized carbons (Fsp3) is 1.00. The van der Waals surface area contributed by atoms with Gasteiger partial charge in [0.15, 0.2) is 6.29 Å². The van der Waals surface area contributed by atoms with E-state index in [-0.39, 0.29) is 13.5 Å². The molecule has 2 N–H and O–H groups in total. The van der Waals surface area contributed by atoms with Gasteiger partial charge in [-0.1, -0.05) is 6.92 Å². The predicted octanol–water partition coefficient (Wildman–Crippen LogP) is -0.180. The third-order valence-electron chi connectivity index (χ3n) is 0.365. The van der Waals surface area contributed by atoms with Crippen LogP contribution in [0, 0.1) is 0 Å². The quantitative estimate of drug-likeness (QED) is 0.460. The Morgan fingerprint density at radius 3 is 1.67 bits per heavy atom. The summed E-state index contributed by atoms with van der Waals surface area (Å²) in [5, 5.41) is 15.8. The van der Waals surface area contributed by atoms with Crippen LogP contribution in [0.3, 0.4) is 0 Å². The van der Waals surface area contributed by atoms with Gasteiger partial charge < -0.3 is 10.2 Å². The van der Waals surface area contributed by atoms with Gasteiger partial charge in [-0.25, -0.2) is 0 Å². The molecule has 0 spiro atoms. The molecule has 2 nitrogen and oxygen atoms in total. The smallest absolute Gasteiger partial charge is 0.151 e. The molecule has 0 unspecified atom stereocenters. The largest absolute Gasteiger partial charge is 0.368 e. The summed E-state index contributed by atoms with van der Waals surface area (Å²) in [5.74, 6) is 0. The molecule has 0 aliphatic heterocycles. The van der Waals surface area contributed by atoms with Crippen LogP contribution in [0.25, 0.3) is 0 Å². The summed E-state index contributed by atoms with van der Waals surface area (Å²) in [7, 11) is 0. The maximum absolute atomic E-state index is 7.92. The molecule has 0 bridgehead atoms. The van der Waals surface area contributed by atoms with Gasteiger partial charge in [-0.3, -0.25) is 0 Å². The van der Waals surface area contributed by atoms with Crippen LogP contribution in [0.2, 0.25) is 0 Å². The summed E-state index contributed by atoms with van der Waals surface area (Å²) in [6, 6.07) is 0. The average molecular weight is 110 g/mol. The van der Waals surface area contributed by atoms with E-state index >= 15 is 0 Å². The Hall–Kier alpha value is 0.270. The Morgan fingerprint density at radius 1 is 1.50 bits per heavy atom. The third kappa shape index (κ3) is 8.86. The van der Waals surface area contributed by atoms with Crippen LogP contribution in [0.4, 0.5) is 0 Å². The van der Waals surface area contributed by atoms with Crippen LogP contribution < -0.4 is 0 Å². The molecule has 0 rings (SSSR count). The molecule has 0 heterocycles. The second-order valence-corrected chi connectivity index (χ2v) is 0.889. The van der Waals surface area contributed by atoms with E-state index in [0.717, 1.165) is 0 Å². The first-order chi connectivity index (χ1) is 2.27. The first-order valence-electron chi connectivity index (χ1n) is 1.63. The molecule has 0 radical (unpaired) electrons. The fourth-order valence-corrected chi connectivity index (χ4v) is 0. The minimum Gasteiger partial charge on any atom is -0.368 e.